The minimum atomic E-state index is 0.0660. The smallest absolute Gasteiger partial charge is 0.188 e. The fourth-order valence-corrected chi connectivity index (χ4v) is 2.49. The molecule has 0 aliphatic heterocycles. The van der Waals surface area contributed by atoms with Crippen molar-refractivity contribution < 1.29 is 0 Å². The zero-order valence-electron chi connectivity index (χ0n) is 11.2. The second kappa shape index (κ2) is 5.94. The topological polar surface area (TPSA) is 53.6 Å². The van der Waals surface area contributed by atoms with Crippen LogP contribution < -0.4 is 5.32 Å². The average Bonchev–Trinajstić information content (AvgIpc) is 2.81. The molecule has 2 rings (SSSR count). The summed E-state index contributed by atoms with van der Waals surface area (Å²) in [4.78, 5) is 5.25. The lowest BCUT2D eigenvalue weighted by molar-refractivity contribution is 0.422. The average molecular weight is 297 g/mol. The normalized spacial score (nSPS) is 11.8. The summed E-state index contributed by atoms with van der Waals surface area (Å²) in [5.41, 5.74) is 1.22. The predicted octanol–water partition coefficient (Wildman–Crippen LogP) is 3.50. The maximum atomic E-state index is 6.08. The van der Waals surface area contributed by atoms with Gasteiger partial charge in [0.15, 0.2) is 5.16 Å². The molecule has 0 saturated carbocycles. The molecule has 4 nitrogen and oxygen atoms in total. The van der Waals surface area contributed by atoms with Gasteiger partial charge in [-0.2, -0.15) is 5.10 Å². The SMILES string of the molecule is CC(C)(C)NCc1cc(Cl)ccc1Sc1ncn[nH]1. The molecule has 0 bridgehead atoms. The summed E-state index contributed by atoms with van der Waals surface area (Å²) in [7, 11) is 0. The van der Waals surface area contributed by atoms with E-state index in [1.807, 2.05) is 18.2 Å². The van der Waals surface area contributed by atoms with E-state index in [2.05, 4.69) is 41.3 Å². The first-order valence-electron chi connectivity index (χ1n) is 6.01. The first-order valence-corrected chi connectivity index (χ1v) is 7.20. The van der Waals surface area contributed by atoms with Crippen molar-refractivity contribution in [3.63, 3.8) is 0 Å². The molecule has 0 amide bonds. The molecule has 0 spiro atoms. The van der Waals surface area contributed by atoms with Gasteiger partial charge in [-0.1, -0.05) is 23.4 Å². The highest BCUT2D eigenvalue weighted by Crippen LogP contribution is 2.29. The number of nitrogens with zero attached hydrogens (tertiary/aromatic N) is 2. The van der Waals surface area contributed by atoms with E-state index in [9.17, 15) is 0 Å². The Balaban J connectivity index is 2.18. The second-order valence-corrected chi connectivity index (χ2v) is 6.72. The van der Waals surface area contributed by atoms with Crippen molar-refractivity contribution in [2.24, 2.45) is 0 Å². The van der Waals surface area contributed by atoms with Gasteiger partial charge in [-0.15, -0.1) is 0 Å². The zero-order chi connectivity index (χ0) is 13.9. The number of rotatable bonds is 4. The molecule has 1 aromatic carbocycles. The summed E-state index contributed by atoms with van der Waals surface area (Å²) in [5, 5.41) is 11.7. The molecule has 19 heavy (non-hydrogen) atoms. The van der Waals surface area contributed by atoms with Crippen molar-refractivity contribution in [1.29, 1.82) is 0 Å². The summed E-state index contributed by atoms with van der Waals surface area (Å²) in [6.45, 7) is 7.18. The van der Waals surface area contributed by atoms with Crippen LogP contribution in [0.2, 0.25) is 5.02 Å². The van der Waals surface area contributed by atoms with Gasteiger partial charge in [-0.25, -0.2) is 4.98 Å². The van der Waals surface area contributed by atoms with E-state index < -0.39 is 0 Å². The van der Waals surface area contributed by atoms with Crippen molar-refractivity contribution in [2.75, 3.05) is 0 Å². The van der Waals surface area contributed by atoms with E-state index in [1.54, 1.807) is 11.8 Å². The first-order chi connectivity index (χ1) is 8.94. The number of aromatic amines is 1. The van der Waals surface area contributed by atoms with Crippen LogP contribution in [0.4, 0.5) is 0 Å². The fraction of sp³-hybridized carbons (Fsp3) is 0.385. The highest BCUT2D eigenvalue weighted by molar-refractivity contribution is 7.99. The molecular formula is C13H17ClN4S. The monoisotopic (exact) mass is 296 g/mol. The molecule has 0 unspecified atom stereocenters. The van der Waals surface area contributed by atoms with Crippen LogP contribution in [-0.2, 0) is 6.54 Å². The van der Waals surface area contributed by atoms with Crippen LogP contribution in [0.3, 0.4) is 0 Å². The fourth-order valence-electron chi connectivity index (χ4n) is 1.49. The Morgan fingerprint density at radius 2 is 2.16 bits per heavy atom. The van der Waals surface area contributed by atoms with Gasteiger partial charge in [0.05, 0.1) is 0 Å². The molecule has 0 aliphatic carbocycles. The van der Waals surface area contributed by atoms with Crippen molar-refractivity contribution in [3.05, 3.63) is 35.1 Å². The molecule has 0 fully saturated rings. The standard InChI is InChI=1S/C13H17ClN4S/c1-13(2,3)16-7-9-6-10(14)4-5-11(9)19-12-15-8-17-18-12/h4-6,8,16H,7H2,1-3H3,(H,15,17,18). The molecule has 0 saturated heterocycles. The molecule has 1 aromatic heterocycles. The van der Waals surface area contributed by atoms with Gasteiger partial charge in [0.25, 0.3) is 0 Å². The number of aromatic nitrogens is 3. The van der Waals surface area contributed by atoms with Crippen LogP contribution in [-0.4, -0.2) is 20.7 Å². The van der Waals surface area contributed by atoms with Gasteiger partial charge in [0, 0.05) is 22.0 Å². The van der Waals surface area contributed by atoms with Crippen LogP contribution >= 0.6 is 23.4 Å². The molecule has 2 N–H and O–H groups in total. The molecule has 0 radical (unpaired) electrons. The Morgan fingerprint density at radius 3 is 2.79 bits per heavy atom. The number of nitrogens with one attached hydrogen (secondary N) is 2. The van der Waals surface area contributed by atoms with E-state index >= 15 is 0 Å². The lowest BCUT2D eigenvalue weighted by Crippen LogP contribution is -2.35. The van der Waals surface area contributed by atoms with Crippen LogP contribution in [0, 0.1) is 0 Å². The van der Waals surface area contributed by atoms with Crippen molar-refractivity contribution in [3.8, 4) is 0 Å². The van der Waals surface area contributed by atoms with E-state index in [0.717, 1.165) is 27.2 Å². The van der Waals surface area contributed by atoms with Crippen molar-refractivity contribution >= 4 is 23.4 Å². The number of hydrogen-bond donors (Lipinski definition) is 2. The van der Waals surface area contributed by atoms with Gasteiger partial charge < -0.3 is 5.32 Å². The van der Waals surface area contributed by atoms with E-state index in [1.165, 1.54) is 6.33 Å². The van der Waals surface area contributed by atoms with Gasteiger partial charge in [0.2, 0.25) is 0 Å². The molecule has 6 heteroatoms. The summed E-state index contributed by atoms with van der Waals surface area (Å²) in [5.74, 6) is 0. The van der Waals surface area contributed by atoms with Crippen LogP contribution in [0.5, 0.6) is 0 Å². The third kappa shape index (κ3) is 4.53. The van der Waals surface area contributed by atoms with Gasteiger partial charge in [-0.3, -0.25) is 5.10 Å². The lowest BCUT2D eigenvalue weighted by Gasteiger charge is -2.21. The Bertz CT molecular complexity index is 534. The number of halogens is 1. The van der Waals surface area contributed by atoms with E-state index in [-0.39, 0.29) is 5.54 Å². The molecule has 0 atom stereocenters. The largest absolute Gasteiger partial charge is 0.308 e. The zero-order valence-corrected chi connectivity index (χ0v) is 12.8. The summed E-state index contributed by atoms with van der Waals surface area (Å²) < 4.78 is 0. The van der Waals surface area contributed by atoms with Crippen molar-refractivity contribution in [1.82, 2.24) is 20.5 Å². The van der Waals surface area contributed by atoms with Gasteiger partial charge >= 0.3 is 0 Å². The molecule has 2 aromatic rings. The molecular weight excluding hydrogens is 280 g/mol. The Labute approximate surface area is 122 Å². The minimum Gasteiger partial charge on any atom is -0.308 e. The lowest BCUT2D eigenvalue weighted by atomic mass is 10.1. The maximum Gasteiger partial charge on any atom is 0.188 e. The summed E-state index contributed by atoms with van der Waals surface area (Å²) in [6.07, 6.45) is 1.51. The Morgan fingerprint density at radius 1 is 1.37 bits per heavy atom. The van der Waals surface area contributed by atoms with Crippen LogP contribution in [0.1, 0.15) is 26.3 Å². The number of benzene rings is 1. The summed E-state index contributed by atoms with van der Waals surface area (Å²) in [6, 6.07) is 5.88. The second-order valence-electron chi connectivity index (χ2n) is 5.25. The first kappa shape index (κ1) is 14.4. The Kier molecular flexibility index (Phi) is 4.50. The maximum absolute atomic E-state index is 6.08. The van der Waals surface area contributed by atoms with Gasteiger partial charge in [-0.05, 0) is 44.5 Å². The third-order valence-corrected chi connectivity index (χ3v) is 3.67. The van der Waals surface area contributed by atoms with Crippen LogP contribution in [0.15, 0.2) is 34.6 Å². The third-order valence-electron chi connectivity index (χ3n) is 2.43. The quantitative estimate of drug-likeness (QED) is 0.907. The van der Waals surface area contributed by atoms with E-state index in [4.69, 9.17) is 11.6 Å². The molecule has 1 heterocycles. The molecule has 102 valence electrons. The highest BCUT2D eigenvalue weighted by Gasteiger charge is 2.12. The number of hydrogen-bond acceptors (Lipinski definition) is 4. The highest BCUT2D eigenvalue weighted by atomic mass is 35.5. The minimum absolute atomic E-state index is 0.0660. The van der Waals surface area contributed by atoms with Crippen molar-refractivity contribution in [2.45, 2.75) is 42.9 Å². The van der Waals surface area contributed by atoms with Crippen LogP contribution in [0.25, 0.3) is 0 Å². The molecule has 0 aliphatic rings. The number of H-pyrrole nitrogens is 1. The Hall–Kier alpha value is -1.04. The van der Waals surface area contributed by atoms with Gasteiger partial charge in [0.1, 0.15) is 6.33 Å². The van der Waals surface area contributed by atoms with E-state index in [0.29, 0.717) is 0 Å². The summed E-state index contributed by atoms with van der Waals surface area (Å²) >= 11 is 7.63. The predicted molar refractivity (Wildman–Crippen MR) is 78.6 cm³/mol.